The summed E-state index contributed by atoms with van der Waals surface area (Å²) in [5.74, 6) is 0.920. The summed E-state index contributed by atoms with van der Waals surface area (Å²) in [4.78, 5) is 0. The highest BCUT2D eigenvalue weighted by Gasteiger charge is 2.25. The largest absolute Gasteiger partial charge is 0.0654 e. The fourth-order valence-corrected chi connectivity index (χ4v) is 6.27. The van der Waals surface area contributed by atoms with Gasteiger partial charge in [0, 0.05) is 0 Å². The highest BCUT2D eigenvalue weighted by Crippen LogP contribution is 2.39. The zero-order chi connectivity index (χ0) is 25.9. The van der Waals surface area contributed by atoms with Gasteiger partial charge < -0.3 is 0 Å². The van der Waals surface area contributed by atoms with Gasteiger partial charge in [-0.05, 0) is 30.6 Å². The average molecular weight is 493 g/mol. The van der Waals surface area contributed by atoms with Crippen molar-refractivity contribution in [3.05, 3.63) is 0 Å². The fourth-order valence-electron chi connectivity index (χ4n) is 6.27. The van der Waals surface area contributed by atoms with E-state index in [2.05, 4.69) is 34.6 Å². The van der Waals surface area contributed by atoms with Gasteiger partial charge in [0.05, 0.1) is 0 Å². The molecule has 0 N–H and O–H groups in total. The molecule has 0 aliphatic heterocycles. The topological polar surface area (TPSA) is 0 Å². The molecule has 212 valence electrons. The highest BCUT2D eigenvalue weighted by molar-refractivity contribution is 4.77. The van der Waals surface area contributed by atoms with Gasteiger partial charge in [-0.15, -0.1) is 0 Å². The molecule has 0 amide bonds. The summed E-state index contributed by atoms with van der Waals surface area (Å²) in [5.41, 5.74) is 0.601. The van der Waals surface area contributed by atoms with Gasteiger partial charge >= 0.3 is 0 Å². The third-order valence-electron chi connectivity index (χ3n) is 8.66. The van der Waals surface area contributed by atoms with Crippen molar-refractivity contribution >= 4 is 0 Å². The molecule has 0 nitrogen and oxygen atoms in total. The van der Waals surface area contributed by atoms with Crippen molar-refractivity contribution in [1.82, 2.24) is 0 Å². The number of hydrogen-bond donors (Lipinski definition) is 0. The van der Waals surface area contributed by atoms with Crippen LogP contribution in [0.3, 0.4) is 0 Å². The smallest absolute Gasteiger partial charge is 0.0323 e. The van der Waals surface area contributed by atoms with E-state index in [1.54, 1.807) is 0 Å². The zero-order valence-corrected chi connectivity index (χ0v) is 25.9. The first kappa shape index (κ1) is 35.0. The Morgan fingerprint density at radius 3 is 1.03 bits per heavy atom. The number of hydrogen-bond acceptors (Lipinski definition) is 0. The third-order valence-corrected chi connectivity index (χ3v) is 8.66. The van der Waals surface area contributed by atoms with Crippen LogP contribution in [0.25, 0.3) is 0 Å². The predicted octanol–water partition coefficient (Wildman–Crippen LogP) is 13.6. The Morgan fingerprint density at radius 1 is 0.400 bits per heavy atom. The molecule has 0 spiro atoms. The summed E-state index contributed by atoms with van der Waals surface area (Å²) in [5, 5.41) is 0. The van der Waals surface area contributed by atoms with E-state index in [0.717, 1.165) is 5.92 Å². The van der Waals surface area contributed by atoms with E-state index in [9.17, 15) is 0 Å². The van der Waals surface area contributed by atoms with Gasteiger partial charge in [0.25, 0.3) is 0 Å². The first-order chi connectivity index (χ1) is 17.1. The van der Waals surface area contributed by atoms with Gasteiger partial charge in [-0.2, -0.15) is 0 Å². The maximum Gasteiger partial charge on any atom is -0.0323 e. The van der Waals surface area contributed by atoms with Crippen molar-refractivity contribution in [2.24, 2.45) is 11.3 Å². The Balaban J connectivity index is 4.22. The van der Waals surface area contributed by atoms with E-state index in [1.165, 1.54) is 180 Å². The monoisotopic (exact) mass is 493 g/mol. The van der Waals surface area contributed by atoms with Gasteiger partial charge in [0.15, 0.2) is 0 Å². The quantitative estimate of drug-likeness (QED) is 0.0910. The van der Waals surface area contributed by atoms with E-state index in [-0.39, 0.29) is 0 Å². The van der Waals surface area contributed by atoms with Crippen LogP contribution in [0.5, 0.6) is 0 Å². The summed E-state index contributed by atoms with van der Waals surface area (Å²) in [7, 11) is 0. The van der Waals surface area contributed by atoms with Crippen molar-refractivity contribution in [1.29, 1.82) is 0 Å². The Morgan fingerprint density at radius 2 is 0.686 bits per heavy atom. The second-order valence-electron chi connectivity index (χ2n) is 12.8. The molecule has 0 saturated carbocycles. The molecule has 1 unspecified atom stereocenters. The minimum Gasteiger partial charge on any atom is -0.0654 e. The van der Waals surface area contributed by atoms with E-state index in [1.807, 2.05) is 0 Å². The van der Waals surface area contributed by atoms with Crippen molar-refractivity contribution < 1.29 is 0 Å². The van der Waals surface area contributed by atoms with E-state index < -0.39 is 0 Å². The van der Waals surface area contributed by atoms with Gasteiger partial charge in [-0.1, -0.05) is 195 Å². The Labute approximate surface area is 225 Å². The molecule has 0 fully saturated rings. The van der Waals surface area contributed by atoms with Crippen LogP contribution in [0.15, 0.2) is 0 Å². The van der Waals surface area contributed by atoms with Gasteiger partial charge in [-0.25, -0.2) is 0 Å². The Bertz CT molecular complexity index is 363. The summed E-state index contributed by atoms with van der Waals surface area (Å²) in [6.45, 7) is 12.2. The minimum absolute atomic E-state index is 0.601. The summed E-state index contributed by atoms with van der Waals surface area (Å²) < 4.78 is 0. The molecule has 0 aliphatic carbocycles. The lowest BCUT2D eigenvalue weighted by Crippen LogP contribution is -2.20. The normalized spacial score (nSPS) is 12.9. The maximum absolute atomic E-state index is 2.67. The molecule has 0 aromatic rings. The first-order valence-electron chi connectivity index (χ1n) is 17.1. The molecular weight excluding hydrogens is 420 g/mol. The van der Waals surface area contributed by atoms with Crippen LogP contribution >= 0.6 is 0 Å². The average Bonchev–Trinajstić information content (AvgIpc) is 2.84. The lowest BCUT2D eigenvalue weighted by atomic mass is 9.73. The molecule has 0 aromatic carbocycles. The van der Waals surface area contributed by atoms with Crippen molar-refractivity contribution in [2.45, 2.75) is 214 Å². The lowest BCUT2D eigenvalue weighted by Gasteiger charge is -2.33. The van der Waals surface area contributed by atoms with Crippen LogP contribution in [0.2, 0.25) is 0 Å². The predicted molar refractivity (Wildman–Crippen MR) is 164 cm³/mol. The lowest BCUT2D eigenvalue weighted by molar-refractivity contribution is 0.190. The van der Waals surface area contributed by atoms with Gasteiger partial charge in [-0.3, -0.25) is 0 Å². The molecular formula is C35H72. The SMILES string of the molecule is CCCCCCCCCCC(C)CC(C)(CCCCCCCCCC)CCCCCCCCCC. The number of unbranched alkanes of at least 4 members (excludes halogenated alkanes) is 21. The summed E-state index contributed by atoms with van der Waals surface area (Å²) >= 11 is 0. The number of rotatable bonds is 29. The minimum atomic E-state index is 0.601. The second kappa shape index (κ2) is 27.0. The fraction of sp³-hybridized carbons (Fsp3) is 1.00. The van der Waals surface area contributed by atoms with Gasteiger partial charge in [0.2, 0.25) is 0 Å². The van der Waals surface area contributed by atoms with Crippen LogP contribution in [0.1, 0.15) is 214 Å². The molecule has 0 saturated heterocycles. The van der Waals surface area contributed by atoms with Crippen LogP contribution < -0.4 is 0 Å². The van der Waals surface area contributed by atoms with Gasteiger partial charge in [0.1, 0.15) is 0 Å². The van der Waals surface area contributed by atoms with E-state index >= 15 is 0 Å². The molecule has 0 heteroatoms. The summed E-state index contributed by atoms with van der Waals surface area (Å²) in [6, 6.07) is 0. The Kier molecular flexibility index (Phi) is 27.0. The zero-order valence-electron chi connectivity index (χ0n) is 25.9. The molecule has 0 rings (SSSR count). The molecule has 1 atom stereocenters. The molecule has 0 aromatic heterocycles. The summed E-state index contributed by atoms with van der Waals surface area (Å²) in [6.07, 6.45) is 40.9. The maximum atomic E-state index is 2.67. The molecule has 35 heavy (non-hydrogen) atoms. The van der Waals surface area contributed by atoms with Crippen molar-refractivity contribution in [3.8, 4) is 0 Å². The van der Waals surface area contributed by atoms with Crippen molar-refractivity contribution in [2.75, 3.05) is 0 Å². The van der Waals surface area contributed by atoms with Crippen molar-refractivity contribution in [3.63, 3.8) is 0 Å². The standard InChI is InChI=1S/C35H72/c1-6-9-12-15-18-21-24-27-30-34(4)33-35(5,31-28-25-22-19-16-13-10-7-2)32-29-26-23-20-17-14-11-8-3/h34H,6-33H2,1-5H3. The molecule has 0 radical (unpaired) electrons. The van der Waals surface area contributed by atoms with Crippen LogP contribution in [0.4, 0.5) is 0 Å². The molecule has 0 bridgehead atoms. The molecule has 0 aliphatic rings. The van der Waals surface area contributed by atoms with E-state index in [4.69, 9.17) is 0 Å². The first-order valence-corrected chi connectivity index (χ1v) is 17.1. The molecule has 0 heterocycles. The van der Waals surface area contributed by atoms with Crippen LogP contribution in [0, 0.1) is 11.3 Å². The Hall–Kier alpha value is 0. The van der Waals surface area contributed by atoms with Crippen LogP contribution in [-0.4, -0.2) is 0 Å². The second-order valence-corrected chi connectivity index (χ2v) is 12.8. The van der Waals surface area contributed by atoms with Crippen LogP contribution in [-0.2, 0) is 0 Å². The van der Waals surface area contributed by atoms with E-state index in [0.29, 0.717) is 5.41 Å². The third kappa shape index (κ3) is 25.4. The highest BCUT2D eigenvalue weighted by atomic mass is 14.3.